The molecular formula is C19H18ClNO4. The number of nitrogens with zero attached hydrogens (tertiary/aromatic N) is 1. The predicted molar refractivity (Wildman–Crippen MR) is 95.4 cm³/mol. The molecule has 1 unspecified atom stereocenters. The standard InChI is InChI=1S/C19H18ClNO4/c20-15-4-6-16(7-5-15)21-11-13(1-10-18(21)22)12-25-17-8-2-14(3-9-17)19(23)24/h2-9,13H,1,10-12H2,(H,23,24). The number of hydrogen-bond acceptors (Lipinski definition) is 3. The van der Waals surface area contributed by atoms with Crippen molar-refractivity contribution in [2.24, 2.45) is 5.92 Å². The van der Waals surface area contributed by atoms with Crippen molar-refractivity contribution in [2.45, 2.75) is 12.8 Å². The van der Waals surface area contributed by atoms with E-state index in [1.54, 1.807) is 29.2 Å². The van der Waals surface area contributed by atoms with Gasteiger partial charge in [0.2, 0.25) is 5.91 Å². The van der Waals surface area contributed by atoms with E-state index in [1.807, 2.05) is 12.1 Å². The maximum Gasteiger partial charge on any atom is 0.335 e. The van der Waals surface area contributed by atoms with Gasteiger partial charge in [-0.05, 0) is 55.0 Å². The first-order valence-corrected chi connectivity index (χ1v) is 8.43. The number of carboxylic acid groups (broad SMARTS) is 1. The van der Waals surface area contributed by atoms with Crippen molar-refractivity contribution < 1.29 is 19.4 Å². The fourth-order valence-corrected chi connectivity index (χ4v) is 2.95. The number of halogens is 1. The number of carbonyl (C=O) groups is 2. The molecule has 130 valence electrons. The van der Waals surface area contributed by atoms with Gasteiger partial charge >= 0.3 is 5.97 Å². The van der Waals surface area contributed by atoms with Crippen LogP contribution in [0.5, 0.6) is 5.75 Å². The minimum absolute atomic E-state index is 0.101. The zero-order valence-electron chi connectivity index (χ0n) is 13.5. The number of piperidine rings is 1. The minimum Gasteiger partial charge on any atom is -0.493 e. The number of carboxylic acids is 1. The van der Waals surface area contributed by atoms with Crippen LogP contribution in [-0.4, -0.2) is 30.1 Å². The van der Waals surface area contributed by atoms with E-state index in [-0.39, 0.29) is 17.4 Å². The maximum absolute atomic E-state index is 12.2. The van der Waals surface area contributed by atoms with Crippen LogP contribution >= 0.6 is 11.6 Å². The Kier molecular flexibility index (Phi) is 5.24. The Morgan fingerprint density at radius 1 is 1.16 bits per heavy atom. The van der Waals surface area contributed by atoms with E-state index in [1.165, 1.54) is 12.1 Å². The summed E-state index contributed by atoms with van der Waals surface area (Å²) in [7, 11) is 0. The SMILES string of the molecule is O=C(O)c1ccc(OCC2CCC(=O)N(c3ccc(Cl)cc3)C2)cc1. The molecule has 1 N–H and O–H groups in total. The van der Waals surface area contributed by atoms with Crippen LogP contribution in [0.25, 0.3) is 0 Å². The summed E-state index contributed by atoms with van der Waals surface area (Å²) in [6, 6.07) is 13.6. The first-order chi connectivity index (χ1) is 12.0. The molecular weight excluding hydrogens is 342 g/mol. The van der Waals surface area contributed by atoms with Crippen molar-refractivity contribution in [1.29, 1.82) is 0 Å². The molecule has 3 rings (SSSR count). The third-order valence-corrected chi connectivity index (χ3v) is 4.49. The lowest BCUT2D eigenvalue weighted by Crippen LogP contribution is -2.41. The highest BCUT2D eigenvalue weighted by atomic mass is 35.5. The van der Waals surface area contributed by atoms with Gasteiger partial charge in [-0.25, -0.2) is 4.79 Å². The average molecular weight is 360 g/mol. The molecule has 0 bridgehead atoms. The van der Waals surface area contributed by atoms with Crippen molar-refractivity contribution in [2.75, 3.05) is 18.1 Å². The second kappa shape index (κ2) is 7.57. The van der Waals surface area contributed by atoms with E-state index in [0.717, 1.165) is 12.1 Å². The lowest BCUT2D eigenvalue weighted by atomic mass is 9.98. The molecule has 0 radical (unpaired) electrons. The van der Waals surface area contributed by atoms with E-state index >= 15 is 0 Å². The number of aromatic carboxylic acids is 1. The van der Waals surface area contributed by atoms with Gasteiger partial charge < -0.3 is 14.7 Å². The van der Waals surface area contributed by atoms with Crippen LogP contribution in [0.15, 0.2) is 48.5 Å². The summed E-state index contributed by atoms with van der Waals surface area (Å²) in [5.41, 5.74) is 1.06. The van der Waals surface area contributed by atoms with E-state index in [0.29, 0.717) is 30.3 Å². The highest BCUT2D eigenvalue weighted by molar-refractivity contribution is 6.30. The monoisotopic (exact) mass is 359 g/mol. The fraction of sp³-hybridized carbons (Fsp3) is 0.263. The minimum atomic E-state index is -0.962. The summed E-state index contributed by atoms with van der Waals surface area (Å²) >= 11 is 5.90. The van der Waals surface area contributed by atoms with Gasteiger partial charge in [0.15, 0.2) is 0 Å². The predicted octanol–water partition coefficient (Wildman–Crippen LogP) is 3.86. The van der Waals surface area contributed by atoms with Crippen molar-refractivity contribution in [3.05, 3.63) is 59.1 Å². The van der Waals surface area contributed by atoms with E-state index in [4.69, 9.17) is 21.4 Å². The molecule has 1 aliphatic rings. The highest BCUT2D eigenvalue weighted by Crippen LogP contribution is 2.26. The smallest absolute Gasteiger partial charge is 0.335 e. The molecule has 1 amide bonds. The Morgan fingerprint density at radius 3 is 2.48 bits per heavy atom. The summed E-state index contributed by atoms with van der Waals surface area (Å²) in [4.78, 5) is 24.8. The Hall–Kier alpha value is -2.53. The molecule has 0 aromatic heterocycles. The van der Waals surface area contributed by atoms with Gasteiger partial charge in [0.05, 0.1) is 12.2 Å². The van der Waals surface area contributed by atoms with Crippen LogP contribution in [0.1, 0.15) is 23.2 Å². The summed E-state index contributed by atoms with van der Waals surface area (Å²) in [6.07, 6.45) is 1.25. The van der Waals surface area contributed by atoms with Crippen LogP contribution in [-0.2, 0) is 4.79 Å². The summed E-state index contributed by atoms with van der Waals surface area (Å²) in [5, 5.41) is 9.54. The summed E-state index contributed by atoms with van der Waals surface area (Å²) in [6.45, 7) is 1.07. The van der Waals surface area contributed by atoms with Crippen molar-refractivity contribution in [3.8, 4) is 5.75 Å². The molecule has 6 heteroatoms. The number of amides is 1. The third-order valence-electron chi connectivity index (χ3n) is 4.23. The average Bonchev–Trinajstić information content (AvgIpc) is 2.62. The molecule has 1 saturated heterocycles. The molecule has 5 nitrogen and oxygen atoms in total. The second-order valence-corrected chi connectivity index (χ2v) is 6.46. The number of anilines is 1. The molecule has 2 aromatic rings. The van der Waals surface area contributed by atoms with Crippen molar-refractivity contribution in [3.63, 3.8) is 0 Å². The Morgan fingerprint density at radius 2 is 1.84 bits per heavy atom. The first kappa shape index (κ1) is 17.3. The molecule has 0 aliphatic carbocycles. The zero-order chi connectivity index (χ0) is 17.8. The molecule has 1 heterocycles. The third kappa shape index (κ3) is 4.31. The second-order valence-electron chi connectivity index (χ2n) is 6.03. The quantitative estimate of drug-likeness (QED) is 0.880. The van der Waals surface area contributed by atoms with Crippen LogP contribution in [0, 0.1) is 5.92 Å². The Balaban J connectivity index is 1.60. The van der Waals surface area contributed by atoms with Crippen LogP contribution in [0.4, 0.5) is 5.69 Å². The summed E-state index contributed by atoms with van der Waals surface area (Å²) in [5.74, 6) is -0.0206. The van der Waals surface area contributed by atoms with Gasteiger partial charge in [-0.3, -0.25) is 4.79 Å². The fourth-order valence-electron chi connectivity index (χ4n) is 2.83. The lowest BCUT2D eigenvalue weighted by molar-refractivity contribution is -0.120. The Bertz CT molecular complexity index is 758. The molecule has 2 aromatic carbocycles. The number of hydrogen-bond donors (Lipinski definition) is 1. The van der Waals surface area contributed by atoms with E-state index in [9.17, 15) is 9.59 Å². The number of rotatable bonds is 5. The Labute approximate surface area is 150 Å². The number of carbonyl (C=O) groups excluding carboxylic acids is 1. The number of ether oxygens (including phenoxy) is 1. The van der Waals surface area contributed by atoms with Gasteiger partial charge in [-0.15, -0.1) is 0 Å². The molecule has 1 fully saturated rings. The van der Waals surface area contributed by atoms with Gasteiger partial charge in [0.25, 0.3) is 0 Å². The normalized spacial score (nSPS) is 17.4. The van der Waals surface area contributed by atoms with E-state index in [2.05, 4.69) is 0 Å². The van der Waals surface area contributed by atoms with Gasteiger partial charge in [0, 0.05) is 29.6 Å². The molecule has 25 heavy (non-hydrogen) atoms. The number of benzene rings is 2. The topological polar surface area (TPSA) is 66.8 Å². The van der Waals surface area contributed by atoms with Gasteiger partial charge in [-0.2, -0.15) is 0 Å². The van der Waals surface area contributed by atoms with Gasteiger partial charge in [-0.1, -0.05) is 11.6 Å². The molecule has 0 spiro atoms. The first-order valence-electron chi connectivity index (χ1n) is 8.05. The van der Waals surface area contributed by atoms with Gasteiger partial charge in [0.1, 0.15) is 5.75 Å². The highest BCUT2D eigenvalue weighted by Gasteiger charge is 2.27. The lowest BCUT2D eigenvalue weighted by Gasteiger charge is -2.32. The van der Waals surface area contributed by atoms with Crippen molar-refractivity contribution in [1.82, 2.24) is 0 Å². The molecule has 0 saturated carbocycles. The summed E-state index contributed by atoms with van der Waals surface area (Å²) < 4.78 is 5.77. The molecule has 1 aliphatic heterocycles. The van der Waals surface area contributed by atoms with E-state index < -0.39 is 5.97 Å². The van der Waals surface area contributed by atoms with Crippen LogP contribution in [0.2, 0.25) is 5.02 Å². The van der Waals surface area contributed by atoms with Crippen molar-refractivity contribution >= 4 is 29.2 Å². The van der Waals surface area contributed by atoms with Crippen LogP contribution in [0.3, 0.4) is 0 Å². The largest absolute Gasteiger partial charge is 0.493 e. The zero-order valence-corrected chi connectivity index (χ0v) is 14.3. The van der Waals surface area contributed by atoms with Crippen LogP contribution < -0.4 is 9.64 Å². The maximum atomic E-state index is 12.2. The molecule has 1 atom stereocenters.